The Labute approximate surface area is 91.2 Å². The Kier molecular flexibility index (Phi) is 8.87. The van der Waals surface area contributed by atoms with E-state index in [2.05, 4.69) is 6.58 Å². The van der Waals surface area contributed by atoms with Crippen LogP contribution in [0.3, 0.4) is 0 Å². The monoisotopic (exact) mass is 216 g/mol. The van der Waals surface area contributed by atoms with Gasteiger partial charge in [-0.25, -0.2) is 0 Å². The van der Waals surface area contributed by atoms with Gasteiger partial charge in [-0.05, 0) is 6.42 Å². The number of hydrogen-bond acceptors (Lipinski definition) is 4. The minimum atomic E-state index is -0.163. The Morgan fingerprint density at radius 2 is 2.00 bits per heavy atom. The van der Waals surface area contributed by atoms with Gasteiger partial charge < -0.3 is 14.2 Å². The van der Waals surface area contributed by atoms with Crippen LogP contribution in [0.5, 0.6) is 0 Å². The predicted octanol–water partition coefficient (Wildman–Crippen LogP) is 1.75. The molecule has 0 aliphatic heterocycles. The largest absolute Gasteiger partial charge is 0.499 e. The SMILES string of the molecule is C=COCCOCCOC(=O)C(C)CC. The van der Waals surface area contributed by atoms with Crippen molar-refractivity contribution >= 4 is 5.97 Å². The summed E-state index contributed by atoms with van der Waals surface area (Å²) in [6, 6.07) is 0. The van der Waals surface area contributed by atoms with Crippen LogP contribution < -0.4 is 0 Å². The fourth-order valence-electron chi connectivity index (χ4n) is 0.803. The first-order valence-electron chi connectivity index (χ1n) is 5.19. The second-order valence-electron chi connectivity index (χ2n) is 3.13. The molecule has 88 valence electrons. The lowest BCUT2D eigenvalue weighted by Gasteiger charge is -2.09. The second kappa shape index (κ2) is 9.52. The molecule has 0 fully saturated rings. The fourth-order valence-corrected chi connectivity index (χ4v) is 0.803. The number of carbonyl (C=O) groups is 1. The maximum Gasteiger partial charge on any atom is 0.308 e. The molecule has 0 amide bonds. The molecule has 0 saturated carbocycles. The van der Waals surface area contributed by atoms with Gasteiger partial charge in [0.05, 0.1) is 25.4 Å². The molecule has 1 unspecified atom stereocenters. The van der Waals surface area contributed by atoms with Gasteiger partial charge in [0.2, 0.25) is 0 Å². The smallest absolute Gasteiger partial charge is 0.308 e. The first kappa shape index (κ1) is 14.0. The van der Waals surface area contributed by atoms with Crippen LogP contribution in [-0.4, -0.2) is 32.4 Å². The van der Waals surface area contributed by atoms with Gasteiger partial charge in [0, 0.05) is 0 Å². The quantitative estimate of drug-likeness (QED) is 0.334. The molecule has 1 atom stereocenters. The Morgan fingerprint density at radius 1 is 1.33 bits per heavy atom. The van der Waals surface area contributed by atoms with Crippen LogP contribution in [0.15, 0.2) is 12.8 Å². The van der Waals surface area contributed by atoms with Crippen molar-refractivity contribution in [1.82, 2.24) is 0 Å². The van der Waals surface area contributed by atoms with Crippen LogP contribution in [0, 0.1) is 5.92 Å². The summed E-state index contributed by atoms with van der Waals surface area (Å²) in [4.78, 5) is 11.2. The normalized spacial score (nSPS) is 11.9. The molecule has 0 saturated heterocycles. The van der Waals surface area contributed by atoms with Crippen LogP contribution >= 0.6 is 0 Å². The van der Waals surface area contributed by atoms with Gasteiger partial charge in [-0.15, -0.1) is 0 Å². The van der Waals surface area contributed by atoms with E-state index in [-0.39, 0.29) is 11.9 Å². The topological polar surface area (TPSA) is 44.8 Å². The van der Waals surface area contributed by atoms with E-state index < -0.39 is 0 Å². The maximum atomic E-state index is 11.2. The minimum absolute atomic E-state index is 0.0332. The van der Waals surface area contributed by atoms with E-state index in [0.29, 0.717) is 26.4 Å². The van der Waals surface area contributed by atoms with E-state index in [1.54, 1.807) is 0 Å². The van der Waals surface area contributed by atoms with Crippen LogP contribution in [0.1, 0.15) is 20.3 Å². The molecule has 0 spiro atoms. The molecule has 0 radical (unpaired) electrons. The third-order valence-electron chi connectivity index (χ3n) is 1.95. The van der Waals surface area contributed by atoms with E-state index in [4.69, 9.17) is 14.2 Å². The van der Waals surface area contributed by atoms with E-state index in [0.717, 1.165) is 6.42 Å². The lowest BCUT2D eigenvalue weighted by atomic mass is 10.1. The average molecular weight is 216 g/mol. The van der Waals surface area contributed by atoms with Gasteiger partial charge in [-0.1, -0.05) is 20.4 Å². The fraction of sp³-hybridized carbons (Fsp3) is 0.727. The first-order chi connectivity index (χ1) is 7.22. The molecule has 0 aromatic heterocycles. The van der Waals surface area contributed by atoms with Crippen molar-refractivity contribution in [2.45, 2.75) is 20.3 Å². The molecule has 15 heavy (non-hydrogen) atoms. The van der Waals surface area contributed by atoms with Gasteiger partial charge in [0.1, 0.15) is 13.2 Å². The molecule has 0 aliphatic rings. The van der Waals surface area contributed by atoms with Crippen molar-refractivity contribution in [3.05, 3.63) is 12.8 Å². The molecular formula is C11H20O4. The Hall–Kier alpha value is -1.03. The zero-order chi connectivity index (χ0) is 11.5. The molecule has 4 nitrogen and oxygen atoms in total. The molecule has 0 aromatic rings. The third kappa shape index (κ3) is 8.00. The summed E-state index contributed by atoms with van der Waals surface area (Å²) in [7, 11) is 0. The third-order valence-corrected chi connectivity index (χ3v) is 1.95. The molecule has 4 heteroatoms. The van der Waals surface area contributed by atoms with Crippen molar-refractivity contribution < 1.29 is 19.0 Å². The molecule has 0 heterocycles. The summed E-state index contributed by atoms with van der Waals surface area (Å²) in [5, 5.41) is 0. The lowest BCUT2D eigenvalue weighted by Crippen LogP contribution is -2.17. The highest BCUT2D eigenvalue weighted by atomic mass is 16.6. The number of rotatable bonds is 9. The number of ether oxygens (including phenoxy) is 3. The lowest BCUT2D eigenvalue weighted by molar-refractivity contribution is -0.149. The molecule has 0 aliphatic carbocycles. The highest BCUT2D eigenvalue weighted by Crippen LogP contribution is 2.02. The predicted molar refractivity (Wildman–Crippen MR) is 57.4 cm³/mol. The summed E-state index contributed by atoms with van der Waals surface area (Å²) in [5.41, 5.74) is 0. The summed E-state index contributed by atoms with van der Waals surface area (Å²) in [5.74, 6) is -0.197. The summed E-state index contributed by atoms with van der Waals surface area (Å²) < 4.78 is 15.0. The van der Waals surface area contributed by atoms with Crippen molar-refractivity contribution in [2.75, 3.05) is 26.4 Å². The summed E-state index contributed by atoms with van der Waals surface area (Å²) in [6.07, 6.45) is 2.17. The van der Waals surface area contributed by atoms with Crippen LogP contribution in [0.25, 0.3) is 0 Å². The van der Waals surface area contributed by atoms with E-state index in [1.807, 2.05) is 13.8 Å². The average Bonchev–Trinajstić information content (AvgIpc) is 2.26. The van der Waals surface area contributed by atoms with Gasteiger partial charge in [0.15, 0.2) is 0 Å². The van der Waals surface area contributed by atoms with E-state index in [1.165, 1.54) is 6.26 Å². The van der Waals surface area contributed by atoms with E-state index >= 15 is 0 Å². The standard InChI is InChI=1S/C11H20O4/c1-4-10(3)11(12)15-9-8-14-7-6-13-5-2/h5,10H,2,4,6-9H2,1,3H3. The van der Waals surface area contributed by atoms with Gasteiger partial charge in [0.25, 0.3) is 0 Å². The van der Waals surface area contributed by atoms with Crippen molar-refractivity contribution in [1.29, 1.82) is 0 Å². The summed E-state index contributed by atoms with van der Waals surface area (Å²) >= 11 is 0. The number of carbonyl (C=O) groups excluding carboxylic acids is 1. The molecule has 0 bridgehead atoms. The summed E-state index contributed by atoms with van der Waals surface area (Å²) in [6.45, 7) is 8.86. The maximum absolute atomic E-state index is 11.2. The molecule has 0 N–H and O–H groups in total. The number of hydrogen-bond donors (Lipinski definition) is 0. The highest BCUT2D eigenvalue weighted by Gasteiger charge is 2.10. The highest BCUT2D eigenvalue weighted by molar-refractivity contribution is 5.71. The van der Waals surface area contributed by atoms with Crippen molar-refractivity contribution in [3.63, 3.8) is 0 Å². The Bertz CT molecular complexity index is 179. The molecule has 0 rings (SSSR count). The Morgan fingerprint density at radius 3 is 2.60 bits per heavy atom. The zero-order valence-electron chi connectivity index (χ0n) is 9.53. The Balaban J connectivity index is 3.23. The van der Waals surface area contributed by atoms with Crippen LogP contribution in [0.4, 0.5) is 0 Å². The molecular weight excluding hydrogens is 196 g/mol. The number of esters is 1. The zero-order valence-corrected chi connectivity index (χ0v) is 9.53. The van der Waals surface area contributed by atoms with E-state index in [9.17, 15) is 4.79 Å². The van der Waals surface area contributed by atoms with Crippen LogP contribution in [0.2, 0.25) is 0 Å². The minimum Gasteiger partial charge on any atom is -0.499 e. The van der Waals surface area contributed by atoms with Crippen LogP contribution in [-0.2, 0) is 19.0 Å². The molecule has 0 aromatic carbocycles. The van der Waals surface area contributed by atoms with Gasteiger partial charge in [-0.2, -0.15) is 0 Å². The van der Waals surface area contributed by atoms with Gasteiger partial charge >= 0.3 is 5.97 Å². The van der Waals surface area contributed by atoms with Crippen molar-refractivity contribution in [2.24, 2.45) is 5.92 Å². The van der Waals surface area contributed by atoms with Crippen molar-refractivity contribution in [3.8, 4) is 0 Å². The van der Waals surface area contributed by atoms with Gasteiger partial charge in [-0.3, -0.25) is 4.79 Å². The second-order valence-corrected chi connectivity index (χ2v) is 3.13. The first-order valence-corrected chi connectivity index (χ1v) is 5.19.